The predicted octanol–water partition coefficient (Wildman–Crippen LogP) is 0.343. The monoisotopic (exact) mass is 397 g/mol. The van der Waals surface area contributed by atoms with Gasteiger partial charge in [-0.05, 0) is 18.1 Å². The molecule has 1 fully saturated rings. The van der Waals surface area contributed by atoms with Gasteiger partial charge in [-0.3, -0.25) is 14.3 Å². The molecule has 2 aromatic heterocycles. The Kier molecular flexibility index (Phi) is 4.93. The van der Waals surface area contributed by atoms with Crippen molar-refractivity contribution in [3.63, 3.8) is 0 Å². The summed E-state index contributed by atoms with van der Waals surface area (Å²) in [5, 5.41) is 20.9. The molecule has 10 nitrogen and oxygen atoms in total. The molecule has 0 unspecified atom stereocenters. The van der Waals surface area contributed by atoms with Crippen molar-refractivity contribution in [1.82, 2.24) is 19.5 Å². The van der Waals surface area contributed by atoms with Crippen molar-refractivity contribution in [3.05, 3.63) is 16.7 Å². The minimum Gasteiger partial charge on any atom is -0.414 e. The van der Waals surface area contributed by atoms with Gasteiger partial charge in [0.05, 0.1) is 12.9 Å². The van der Waals surface area contributed by atoms with E-state index in [1.165, 1.54) is 10.9 Å². The lowest BCUT2D eigenvalue weighted by Crippen LogP contribution is -2.44. The summed E-state index contributed by atoms with van der Waals surface area (Å²) in [7, 11) is -2.04. The number of fused-ring (bicyclic) bond motifs is 1. The second-order valence-electron chi connectivity index (χ2n) is 8.39. The van der Waals surface area contributed by atoms with Crippen LogP contribution >= 0.6 is 0 Å². The van der Waals surface area contributed by atoms with Crippen molar-refractivity contribution in [1.29, 1.82) is 0 Å². The highest BCUT2D eigenvalue weighted by Crippen LogP contribution is 2.38. The van der Waals surface area contributed by atoms with Gasteiger partial charge in [-0.25, -0.2) is 4.98 Å². The molecule has 11 heteroatoms. The maximum atomic E-state index is 11.9. The largest absolute Gasteiger partial charge is 0.414 e. The van der Waals surface area contributed by atoms with E-state index in [1.807, 2.05) is 0 Å². The van der Waals surface area contributed by atoms with Crippen LogP contribution in [0.4, 0.5) is 5.95 Å². The average molecular weight is 398 g/mol. The number of rotatable bonds is 4. The predicted molar refractivity (Wildman–Crippen MR) is 102 cm³/mol. The minimum atomic E-state index is -2.04. The molecule has 3 rings (SSSR count). The van der Waals surface area contributed by atoms with E-state index in [1.54, 1.807) is 0 Å². The number of anilines is 1. The van der Waals surface area contributed by atoms with Crippen LogP contribution in [0.5, 0.6) is 0 Å². The van der Waals surface area contributed by atoms with E-state index in [2.05, 4.69) is 48.8 Å². The molecule has 0 aromatic carbocycles. The topological polar surface area (TPSA) is 149 Å². The van der Waals surface area contributed by atoms with Crippen LogP contribution < -0.4 is 11.3 Å². The first kappa shape index (κ1) is 20.0. The van der Waals surface area contributed by atoms with Crippen molar-refractivity contribution in [3.8, 4) is 0 Å². The maximum absolute atomic E-state index is 11.9. The molecule has 0 radical (unpaired) electrons. The molecule has 2 aromatic rings. The highest BCUT2D eigenvalue weighted by molar-refractivity contribution is 6.74. The number of hydrogen-bond donors (Lipinski definition) is 4. The Balaban J connectivity index is 1.83. The van der Waals surface area contributed by atoms with E-state index >= 15 is 0 Å². The van der Waals surface area contributed by atoms with E-state index in [-0.39, 0.29) is 28.8 Å². The molecule has 0 saturated carbocycles. The molecule has 1 aliphatic rings. The van der Waals surface area contributed by atoms with E-state index in [9.17, 15) is 15.0 Å². The van der Waals surface area contributed by atoms with Crippen LogP contribution in [-0.2, 0) is 9.16 Å². The normalized spacial score (nSPS) is 26.8. The Morgan fingerprint density at radius 3 is 2.67 bits per heavy atom. The number of nitrogens with zero attached hydrogens (tertiary/aromatic N) is 3. The van der Waals surface area contributed by atoms with Crippen LogP contribution in [0.1, 0.15) is 27.0 Å². The Bertz CT molecular complexity index is 889. The average Bonchev–Trinajstić information content (AvgIpc) is 3.07. The molecule has 27 heavy (non-hydrogen) atoms. The number of aliphatic hydroxyl groups is 2. The molecule has 3 heterocycles. The highest BCUT2D eigenvalue weighted by Gasteiger charge is 2.46. The summed E-state index contributed by atoms with van der Waals surface area (Å²) < 4.78 is 13.4. The van der Waals surface area contributed by atoms with Gasteiger partial charge >= 0.3 is 0 Å². The SMILES string of the molecule is CC(C)(C)[Si](C)(C)OC[C@H]1O[C@@H](n2cnc3c(=O)[nH]c(N)nc32)[C@H](O)[C@@H]1O. The molecule has 1 aliphatic heterocycles. The number of ether oxygens (including phenoxy) is 1. The molecule has 5 N–H and O–H groups in total. The minimum absolute atomic E-state index is 0.0115. The summed E-state index contributed by atoms with van der Waals surface area (Å²) >= 11 is 0. The Hall–Kier alpha value is -1.79. The number of hydrogen-bond acceptors (Lipinski definition) is 8. The molecular formula is C16H27N5O5Si. The summed E-state index contributed by atoms with van der Waals surface area (Å²) in [5.74, 6) is -0.0694. The third-order valence-corrected chi connectivity index (χ3v) is 9.98. The van der Waals surface area contributed by atoms with Crippen LogP contribution in [-0.4, -0.2) is 63.0 Å². The van der Waals surface area contributed by atoms with Crippen LogP contribution in [0.3, 0.4) is 0 Å². The van der Waals surface area contributed by atoms with Gasteiger partial charge in [0.2, 0.25) is 5.95 Å². The first-order valence-corrected chi connectivity index (χ1v) is 11.7. The molecule has 0 bridgehead atoms. The Morgan fingerprint density at radius 1 is 1.37 bits per heavy atom. The highest BCUT2D eigenvalue weighted by atomic mass is 28.4. The van der Waals surface area contributed by atoms with Crippen molar-refractivity contribution in [2.24, 2.45) is 0 Å². The second-order valence-corrected chi connectivity index (χ2v) is 13.2. The maximum Gasteiger partial charge on any atom is 0.280 e. The number of imidazole rings is 1. The van der Waals surface area contributed by atoms with Gasteiger partial charge in [0.1, 0.15) is 18.3 Å². The summed E-state index contributed by atoms with van der Waals surface area (Å²) in [5.41, 5.74) is 5.38. The number of H-pyrrole nitrogens is 1. The standard InChI is InChI=1S/C16H27N5O5Si/c1-16(2,3)27(4,5)25-6-8-10(22)11(23)14(26-8)21-7-18-9-12(21)19-15(17)20-13(9)24/h7-8,10-11,14,22-23H,6H2,1-5H3,(H3,17,19,20,24)/t8-,10-,11-,14-/m1/s1. The fourth-order valence-electron chi connectivity index (χ4n) is 2.73. The molecule has 150 valence electrons. The van der Waals surface area contributed by atoms with Crippen molar-refractivity contribution < 1.29 is 19.4 Å². The molecule has 0 aliphatic carbocycles. The second kappa shape index (κ2) is 6.67. The summed E-state index contributed by atoms with van der Waals surface area (Å²) in [6.45, 7) is 10.7. The lowest BCUT2D eigenvalue weighted by Gasteiger charge is -2.37. The smallest absolute Gasteiger partial charge is 0.280 e. The van der Waals surface area contributed by atoms with E-state index in [4.69, 9.17) is 14.9 Å². The third-order valence-electron chi connectivity index (χ3n) is 5.48. The Morgan fingerprint density at radius 2 is 2.04 bits per heavy atom. The summed E-state index contributed by atoms with van der Waals surface area (Å²) in [4.78, 5) is 22.4. The van der Waals surface area contributed by atoms with Crippen LogP contribution in [0.25, 0.3) is 11.2 Å². The fourth-order valence-corrected chi connectivity index (χ4v) is 3.75. The van der Waals surface area contributed by atoms with E-state index < -0.39 is 38.4 Å². The quantitative estimate of drug-likeness (QED) is 0.540. The zero-order valence-corrected chi connectivity index (χ0v) is 17.1. The van der Waals surface area contributed by atoms with Gasteiger partial charge < -0.3 is 25.1 Å². The first-order valence-electron chi connectivity index (χ1n) is 8.80. The van der Waals surface area contributed by atoms with E-state index in [0.717, 1.165) is 0 Å². The summed E-state index contributed by atoms with van der Waals surface area (Å²) in [6.07, 6.45) is -2.69. The van der Waals surface area contributed by atoms with Gasteiger partial charge in [-0.1, -0.05) is 20.8 Å². The molecule has 1 saturated heterocycles. The van der Waals surface area contributed by atoms with Gasteiger partial charge in [0.25, 0.3) is 5.56 Å². The number of aliphatic hydroxyl groups excluding tert-OH is 2. The molecule has 0 spiro atoms. The van der Waals surface area contributed by atoms with Crippen molar-refractivity contribution >= 4 is 25.4 Å². The van der Waals surface area contributed by atoms with Gasteiger partial charge in [-0.15, -0.1) is 0 Å². The number of nitrogen functional groups attached to an aromatic ring is 1. The van der Waals surface area contributed by atoms with Gasteiger partial charge in [0.15, 0.2) is 25.7 Å². The molecular weight excluding hydrogens is 370 g/mol. The number of aromatic nitrogens is 4. The Labute approximate surface area is 157 Å². The lowest BCUT2D eigenvalue weighted by molar-refractivity contribution is -0.0491. The van der Waals surface area contributed by atoms with Crippen LogP contribution in [0.2, 0.25) is 18.1 Å². The zero-order chi connectivity index (χ0) is 20.1. The van der Waals surface area contributed by atoms with Crippen LogP contribution in [0.15, 0.2) is 11.1 Å². The van der Waals surface area contributed by atoms with Crippen molar-refractivity contribution in [2.45, 2.75) is 63.4 Å². The zero-order valence-electron chi connectivity index (χ0n) is 16.1. The first-order chi connectivity index (χ1) is 12.4. The number of nitrogens with two attached hydrogens (primary N) is 1. The van der Waals surface area contributed by atoms with Crippen molar-refractivity contribution in [2.75, 3.05) is 12.3 Å². The number of nitrogens with one attached hydrogen (secondary N) is 1. The molecule has 4 atom stereocenters. The van der Waals surface area contributed by atoms with Gasteiger partial charge in [-0.2, -0.15) is 4.98 Å². The summed E-state index contributed by atoms with van der Waals surface area (Å²) in [6, 6.07) is 0. The van der Waals surface area contributed by atoms with E-state index in [0.29, 0.717) is 0 Å². The van der Waals surface area contributed by atoms with Crippen LogP contribution in [0, 0.1) is 0 Å². The molecule has 0 amide bonds. The third kappa shape index (κ3) is 3.52. The number of aromatic amines is 1. The lowest BCUT2D eigenvalue weighted by atomic mass is 10.1. The van der Waals surface area contributed by atoms with Gasteiger partial charge in [0, 0.05) is 0 Å². The fraction of sp³-hybridized carbons (Fsp3) is 0.688.